The summed E-state index contributed by atoms with van der Waals surface area (Å²) in [6.07, 6.45) is 0. The van der Waals surface area contributed by atoms with Crippen LogP contribution in [-0.4, -0.2) is 37.7 Å². The molecule has 1 aromatic carbocycles. The second-order valence-electron chi connectivity index (χ2n) is 4.75. The van der Waals surface area contributed by atoms with E-state index in [0.717, 1.165) is 18.8 Å². The summed E-state index contributed by atoms with van der Waals surface area (Å²) in [6, 6.07) is 9.76. The highest BCUT2D eigenvalue weighted by atomic mass is 16.5. The number of nitrogens with two attached hydrogens (primary N) is 1. The number of nitrogens with one attached hydrogen (secondary N) is 1. The van der Waals surface area contributed by atoms with Crippen molar-refractivity contribution in [2.24, 2.45) is 16.8 Å². The molecule has 0 aliphatic rings. The van der Waals surface area contributed by atoms with Crippen molar-refractivity contribution in [1.82, 2.24) is 10.3 Å². The van der Waals surface area contributed by atoms with Crippen molar-refractivity contribution in [2.75, 3.05) is 26.8 Å². The smallest absolute Gasteiger partial charge is 0.213 e. The van der Waals surface area contributed by atoms with E-state index >= 15 is 0 Å². The Balaban J connectivity index is 2.85. The fourth-order valence-electron chi connectivity index (χ4n) is 1.74. The summed E-state index contributed by atoms with van der Waals surface area (Å²) in [4.78, 5) is 6.63. The fraction of sp³-hybridized carbons (Fsp3) is 0.500. The van der Waals surface area contributed by atoms with Gasteiger partial charge in [0.15, 0.2) is 0 Å². The zero-order valence-corrected chi connectivity index (χ0v) is 12.0. The highest BCUT2D eigenvalue weighted by Gasteiger charge is 2.12. The van der Waals surface area contributed by atoms with Gasteiger partial charge >= 0.3 is 0 Å². The molecule has 3 N–H and O–H groups in total. The first-order chi connectivity index (χ1) is 9.17. The number of ether oxygens (including phenoxy) is 1. The molecule has 0 aliphatic heterocycles. The first-order valence-electron chi connectivity index (χ1n) is 6.51. The van der Waals surface area contributed by atoms with Crippen LogP contribution in [0.1, 0.15) is 13.8 Å². The summed E-state index contributed by atoms with van der Waals surface area (Å²) < 4.78 is 5.13. The van der Waals surface area contributed by atoms with Gasteiger partial charge in [-0.15, -0.1) is 0 Å². The predicted molar refractivity (Wildman–Crippen MR) is 79.1 cm³/mol. The lowest BCUT2D eigenvalue weighted by atomic mass is 10.2. The van der Waals surface area contributed by atoms with Crippen LogP contribution < -0.4 is 11.3 Å². The van der Waals surface area contributed by atoms with Crippen molar-refractivity contribution in [1.29, 1.82) is 0 Å². The van der Waals surface area contributed by atoms with Crippen molar-refractivity contribution < 1.29 is 4.74 Å². The summed E-state index contributed by atoms with van der Waals surface area (Å²) in [5.74, 6) is 6.79. The van der Waals surface area contributed by atoms with E-state index in [9.17, 15) is 0 Å². The number of benzene rings is 1. The summed E-state index contributed by atoms with van der Waals surface area (Å²) in [5, 5.41) is 0. The third kappa shape index (κ3) is 5.72. The van der Waals surface area contributed by atoms with Crippen LogP contribution in [0.5, 0.6) is 0 Å². The van der Waals surface area contributed by atoms with Gasteiger partial charge in [-0.3, -0.25) is 5.43 Å². The van der Waals surface area contributed by atoms with Crippen LogP contribution in [0.3, 0.4) is 0 Å². The van der Waals surface area contributed by atoms with E-state index in [1.54, 1.807) is 7.11 Å². The Labute approximate surface area is 115 Å². The minimum Gasteiger partial charge on any atom is -0.383 e. The molecule has 0 aromatic heterocycles. The van der Waals surface area contributed by atoms with Gasteiger partial charge in [-0.25, -0.2) is 10.8 Å². The number of nitrogens with zero attached hydrogens (tertiary/aromatic N) is 2. The quantitative estimate of drug-likeness (QED) is 0.355. The summed E-state index contributed by atoms with van der Waals surface area (Å²) in [5.41, 5.74) is 3.56. The highest BCUT2D eigenvalue weighted by Crippen LogP contribution is 2.11. The second kappa shape index (κ2) is 8.50. The molecule has 0 fully saturated rings. The first-order valence-corrected chi connectivity index (χ1v) is 6.51. The van der Waals surface area contributed by atoms with E-state index in [1.165, 1.54) is 0 Å². The molecule has 0 unspecified atom stereocenters. The lowest BCUT2D eigenvalue weighted by molar-refractivity contribution is 0.170. The average molecular weight is 264 g/mol. The van der Waals surface area contributed by atoms with E-state index in [-0.39, 0.29) is 0 Å². The van der Waals surface area contributed by atoms with Crippen LogP contribution in [-0.2, 0) is 4.74 Å². The van der Waals surface area contributed by atoms with E-state index < -0.39 is 0 Å². The normalized spacial score (nSPS) is 11.7. The van der Waals surface area contributed by atoms with Crippen LogP contribution in [0.4, 0.5) is 5.69 Å². The zero-order chi connectivity index (χ0) is 14.1. The third-order valence-corrected chi connectivity index (χ3v) is 2.57. The molecule has 0 atom stereocenters. The Morgan fingerprint density at radius 3 is 2.58 bits per heavy atom. The van der Waals surface area contributed by atoms with E-state index in [1.807, 2.05) is 30.3 Å². The van der Waals surface area contributed by atoms with Gasteiger partial charge < -0.3 is 9.64 Å². The molecule has 0 aliphatic carbocycles. The molecule has 0 bridgehead atoms. The van der Waals surface area contributed by atoms with Crippen LogP contribution in [0.25, 0.3) is 0 Å². The van der Waals surface area contributed by atoms with Crippen LogP contribution in [0, 0.1) is 5.92 Å². The third-order valence-electron chi connectivity index (χ3n) is 2.57. The first kappa shape index (κ1) is 15.5. The molecule has 5 nitrogen and oxygen atoms in total. The van der Waals surface area contributed by atoms with E-state index in [0.29, 0.717) is 18.5 Å². The number of para-hydroxylation sites is 1. The van der Waals surface area contributed by atoms with Gasteiger partial charge in [-0.2, -0.15) is 0 Å². The molecule has 0 saturated carbocycles. The van der Waals surface area contributed by atoms with E-state index in [2.05, 4.69) is 29.2 Å². The predicted octanol–water partition coefficient (Wildman–Crippen LogP) is 1.74. The summed E-state index contributed by atoms with van der Waals surface area (Å²) >= 11 is 0. The van der Waals surface area contributed by atoms with Gasteiger partial charge in [0.2, 0.25) is 5.96 Å². The Kier molecular flexibility index (Phi) is 6.92. The number of rotatable bonds is 6. The molecule has 5 heteroatoms. The molecule has 106 valence electrons. The van der Waals surface area contributed by atoms with Crippen LogP contribution in [0.2, 0.25) is 0 Å². The number of methoxy groups -OCH3 is 1. The summed E-state index contributed by atoms with van der Waals surface area (Å²) in [6.45, 7) is 6.60. The van der Waals surface area contributed by atoms with Crippen LogP contribution >= 0.6 is 0 Å². The minimum absolute atomic E-state index is 0.520. The van der Waals surface area contributed by atoms with Crippen molar-refractivity contribution in [3.05, 3.63) is 30.3 Å². The van der Waals surface area contributed by atoms with Gasteiger partial charge in [0.25, 0.3) is 0 Å². The standard InChI is InChI=1S/C14H24N4O/c1-12(2)11-18(9-10-19-3)14(17-15)16-13-7-5-4-6-8-13/h4-8,12H,9-11,15H2,1-3H3,(H,16,17). The van der Waals surface area contributed by atoms with Gasteiger partial charge in [-0.05, 0) is 18.1 Å². The number of hydrogen-bond acceptors (Lipinski definition) is 3. The molecule has 0 saturated heterocycles. The molecule has 0 amide bonds. The molecule has 1 rings (SSSR count). The number of hydrogen-bond donors (Lipinski definition) is 2. The Morgan fingerprint density at radius 2 is 2.05 bits per heavy atom. The number of guanidine groups is 1. The van der Waals surface area contributed by atoms with Gasteiger partial charge in [-0.1, -0.05) is 32.0 Å². The molecule has 0 heterocycles. The van der Waals surface area contributed by atoms with Crippen molar-refractivity contribution >= 4 is 11.6 Å². The molecule has 1 aromatic rings. The average Bonchev–Trinajstić information content (AvgIpc) is 2.41. The number of aliphatic imine (C=N–C) groups is 1. The topological polar surface area (TPSA) is 62.9 Å². The van der Waals surface area contributed by atoms with Gasteiger partial charge in [0.1, 0.15) is 0 Å². The number of hydrazine groups is 1. The fourth-order valence-corrected chi connectivity index (χ4v) is 1.74. The highest BCUT2D eigenvalue weighted by molar-refractivity contribution is 5.82. The van der Waals surface area contributed by atoms with Crippen LogP contribution in [0.15, 0.2) is 35.3 Å². The minimum atomic E-state index is 0.520. The second-order valence-corrected chi connectivity index (χ2v) is 4.75. The van der Waals surface area contributed by atoms with E-state index in [4.69, 9.17) is 10.6 Å². The maximum Gasteiger partial charge on any atom is 0.213 e. The zero-order valence-electron chi connectivity index (χ0n) is 12.0. The largest absolute Gasteiger partial charge is 0.383 e. The van der Waals surface area contributed by atoms with Crippen molar-refractivity contribution in [2.45, 2.75) is 13.8 Å². The summed E-state index contributed by atoms with van der Waals surface area (Å²) in [7, 11) is 1.69. The lowest BCUT2D eigenvalue weighted by Crippen LogP contribution is -2.47. The van der Waals surface area contributed by atoms with Gasteiger partial charge in [0, 0.05) is 20.2 Å². The van der Waals surface area contributed by atoms with Crippen molar-refractivity contribution in [3.63, 3.8) is 0 Å². The molecule has 0 spiro atoms. The molecular formula is C14H24N4O. The molecule has 0 radical (unpaired) electrons. The monoisotopic (exact) mass is 264 g/mol. The molecule has 19 heavy (non-hydrogen) atoms. The Bertz CT molecular complexity index is 378. The lowest BCUT2D eigenvalue weighted by Gasteiger charge is -2.27. The SMILES string of the molecule is COCCN(CC(C)C)C(=Nc1ccccc1)NN. The maximum atomic E-state index is 5.61. The Morgan fingerprint density at radius 1 is 1.37 bits per heavy atom. The van der Waals surface area contributed by atoms with Crippen molar-refractivity contribution in [3.8, 4) is 0 Å². The Hall–Kier alpha value is -1.59. The van der Waals surface area contributed by atoms with Gasteiger partial charge in [0.05, 0.1) is 12.3 Å². The molecular weight excluding hydrogens is 240 g/mol. The maximum absolute atomic E-state index is 5.61.